The van der Waals surface area contributed by atoms with E-state index in [1.807, 2.05) is 55.5 Å². The second kappa shape index (κ2) is 5.39. The Hall–Kier alpha value is -2.26. The average molecular weight is 267 g/mol. The Morgan fingerprint density at radius 3 is 2.75 bits per heavy atom. The van der Waals surface area contributed by atoms with Crippen LogP contribution >= 0.6 is 0 Å². The van der Waals surface area contributed by atoms with E-state index in [0.29, 0.717) is 13.2 Å². The van der Waals surface area contributed by atoms with E-state index in [-0.39, 0.29) is 0 Å². The molecule has 3 nitrogen and oxygen atoms in total. The number of rotatable bonds is 4. The predicted octanol–water partition coefficient (Wildman–Crippen LogP) is 3.78. The molecule has 0 bridgehead atoms. The summed E-state index contributed by atoms with van der Waals surface area (Å²) in [5, 5.41) is 1.07. The lowest BCUT2D eigenvalue weighted by Gasteiger charge is -2.06. The van der Waals surface area contributed by atoms with Gasteiger partial charge in [0.1, 0.15) is 23.7 Å². The van der Waals surface area contributed by atoms with Crippen molar-refractivity contribution in [2.24, 2.45) is 5.73 Å². The highest BCUT2D eigenvalue weighted by molar-refractivity contribution is 5.81. The second-order valence-corrected chi connectivity index (χ2v) is 4.80. The van der Waals surface area contributed by atoms with Crippen molar-refractivity contribution in [3.8, 4) is 5.75 Å². The molecule has 0 atom stereocenters. The average Bonchev–Trinajstić information content (AvgIpc) is 2.89. The SMILES string of the molecule is Cc1ccccc1OCc1cc2c(CN)cccc2o1. The van der Waals surface area contributed by atoms with E-state index in [4.69, 9.17) is 14.9 Å². The van der Waals surface area contributed by atoms with Crippen molar-refractivity contribution in [1.29, 1.82) is 0 Å². The first-order valence-corrected chi connectivity index (χ1v) is 6.67. The number of aryl methyl sites for hydroxylation is 1. The summed E-state index contributed by atoms with van der Waals surface area (Å²) in [6.07, 6.45) is 0. The van der Waals surface area contributed by atoms with Crippen LogP contribution < -0.4 is 10.5 Å². The minimum Gasteiger partial charge on any atom is -0.485 e. The molecule has 0 amide bonds. The maximum absolute atomic E-state index is 5.80. The molecule has 102 valence electrons. The van der Waals surface area contributed by atoms with Gasteiger partial charge in [-0.25, -0.2) is 0 Å². The summed E-state index contributed by atoms with van der Waals surface area (Å²) in [6.45, 7) is 2.96. The number of hydrogen-bond donors (Lipinski definition) is 1. The van der Waals surface area contributed by atoms with Crippen LogP contribution in [0.15, 0.2) is 52.9 Å². The van der Waals surface area contributed by atoms with Crippen molar-refractivity contribution in [3.63, 3.8) is 0 Å². The smallest absolute Gasteiger partial charge is 0.146 e. The van der Waals surface area contributed by atoms with Crippen LogP contribution in [0.4, 0.5) is 0 Å². The van der Waals surface area contributed by atoms with Crippen LogP contribution in [0.3, 0.4) is 0 Å². The molecule has 3 heteroatoms. The van der Waals surface area contributed by atoms with E-state index < -0.39 is 0 Å². The van der Waals surface area contributed by atoms with Gasteiger partial charge in [0.05, 0.1) is 0 Å². The van der Waals surface area contributed by atoms with Gasteiger partial charge in [-0.2, -0.15) is 0 Å². The van der Waals surface area contributed by atoms with E-state index in [1.54, 1.807) is 0 Å². The molecule has 2 N–H and O–H groups in total. The Kier molecular flexibility index (Phi) is 3.44. The molecule has 3 aromatic rings. The normalized spacial score (nSPS) is 10.9. The molecule has 0 radical (unpaired) electrons. The number of furan rings is 1. The molecular formula is C17H17NO2. The number of hydrogen-bond acceptors (Lipinski definition) is 3. The summed E-state index contributed by atoms with van der Waals surface area (Å²) < 4.78 is 11.6. The lowest BCUT2D eigenvalue weighted by atomic mass is 10.1. The van der Waals surface area contributed by atoms with Gasteiger partial charge in [0.2, 0.25) is 0 Å². The fraction of sp³-hybridized carbons (Fsp3) is 0.176. The number of benzene rings is 2. The molecule has 0 aliphatic heterocycles. The molecule has 20 heavy (non-hydrogen) atoms. The minimum absolute atomic E-state index is 0.420. The second-order valence-electron chi connectivity index (χ2n) is 4.80. The summed E-state index contributed by atoms with van der Waals surface area (Å²) in [6, 6.07) is 15.9. The van der Waals surface area contributed by atoms with Crippen LogP contribution in [0.25, 0.3) is 11.0 Å². The molecule has 0 fully saturated rings. The lowest BCUT2D eigenvalue weighted by molar-refractivity contribution is 0.273. The molecule has 0 saturated heterocycles. The third-order valence-corrected chi connectivity index (χ3v) is 3.39. The number of nitrogens with two attached hydrogens (primary N) is 1. The van der Waals surface area contributed by atoms with Crippen LogP contribution in [0.2, 0.25) is 0 Å². The lowest BCUT2D eigenvalue weighted by Crippen LogP contribution is -1.96. The first-order chi connectivity index (χ1) is 9.78. The van der Waals surface area contributed by atoms with Gasteiger partial charge < -0.3 is 14.9 Å². The molecule has 0 spiro atoms. The molecule has 3 rings (SSSR count). The number of para-hydroxylation sites is 1. The van der Waals surface area contributed by atoms with E-state index in [1.165, 1.54) is 0 Å². The standard InChI is InChI=1S/C17H17NO2/c1-12-5-2-3-7-16(12)19-11-14-9-15-13(10-18)6-4-8-17(15)20-14/h2-9H,10-11,18H2,1H3. The van der Waals surface area contributed by atoms with Gasteiger partial charge in [0.15, 0.2) is 0 Å². The summed E-state index contributed by atoms with van der Waals surface area (Å²) >= 11 is 0. The van der Waals surface area contributed by atoms with Crippen LogP contribution in [0, 0.1) is 6.92 Å². The fourth-order valence-corrected chi connectivity index (χ4v) is 2.29. The van der Waals surface area contributed by atoms with E-state index >= 15 is 0 Å². The highest BCUT2D eigenvalue weighted by atomic mass is 16.5. The summed E-state index contributed by atoms with van der Waals surface area (Å²) in [5.41, 5.74) is 8.80. The van der Waals surface area contributed by atoms with Crippen molar-refractivity contribution >= 4 is 11.0 Å². The third-order valence-electron chi connectivity index (χ3n) is 3.39. The fourth-order valence-electron chi connectivity index (χ4n) is 2.29. The Labute approximate surface area is 118 Å². The summed E-state index contributed by atoms with van der Waals surface area (Å²) in [5.74, 6) is 1.69. The van der Waals surface area contributed by atoms with E-state index in [0.717, 1.165) is 33.6 Å². The highest BCUT2D eigenvalue weighted by Gasteiger charge is 2.08. The first-order valence-electron chi connectivity index (χ1n) is 6.67. The molecule has 0 unspecified atom stereocenters. The topological polar surface area (TPSA) is 48.4 Å². The Balaban J connectivity index is 1.83. The van der Waals surface area contributed by atoms with Crippen molar-refractivity contribution < 1.29 is 9.15 Å². The zero-order chi connectivity index (χ0) is 13.9. The minimum atomic E-state index is 0.420. The molecule has 1 heterocycles. The summed E-state index contributed by atoms with van der Waals surface area (Å²) in [4.78, 5) is 0. The third kappa shape index (κ3) is 2.40. The molecule has 2 aromatic carbocycles. The number of fused-ring (bicyclic) bond motifs is 1. The van der Waals surface area contributed by atoms with Crippen LogP contribution in [-0.4, -0.2) is 0 Å². The Bertz CT molecular complexity index is 731. The van der Waals surface area contributed by atoms with Crippen molar-refractivity contribution in [2.45, 2.75) is 20.1 Å². The zero-order valence-corrected chi connectivity index (χ0v) is 11.4. The van der Waals surface area contributed by atoms with Gasteiger partial charge in [0, 0.05) is 11.9 Å². The van der Waals surface area contributed by atoms with E-state index in [2.05, 4.69) is 0 Å². The largest absolute Gasteiger partial charge is 0.485 e. The summed E-state index contributed by atoms with van der Waals surface area (Å²) in [7, 11) is 0. The molecule has 0 aliphatic rings. The highest BCUT2D eigenvalue weighted by Crippen LogP contribution is 2.24. The van der Waals surface area contributed by atoms with Crippen LogP contribution in [0.5, 0.6) is 5.75 Å². The van der Waals surface area contributed by atoms with Gasteiger partial charge in [-0.05, 0) is 36.2 Å². The van der Waals surface area contributed by atoms with E-state index in [9.17, 15) is 0 Å². The van der Waals surface area contributed by atoms with Gasteiger partial charge in [0.25, 0.3) is 0 Å². The Morgan fingerprint density at radius 2 is 1.95 bits per heavy atom. The first kappa shape index (κ1) is 12.8. The van der Waals surface area contributed by atoms with Gasteiger partial charge in [-0.1, -0.05) is 30.3 Å². The van der Waals surface area contributed by atoms with Gasteiger partial charge in [-0.3, -0.25) is 0 Å². The molecular weight excluding hydrogens is 250 g/mol. The zero-order valence-electron chi connectivity index (χ0n) is 11.4. The van der Waals surface area contributed by atoms with Crippen molar-refractivity contribution in [3.05, 3.63) is 65.4 Å². The molecule has 0 saturated carbocycles. The molecule has 1 aromatic heterocycles. The van der Waals surface area contributed by atoms with Gasteiger partial charge >= 0.3 is 0 Å². The van der Waals surface area contributed by atoms with Crippen molar-refractivity contribution in [2.75, 3.05) is 0 Å². The van der Waals surface area contributed by atoms with Crippen molar-refractivity contribution in [1.82, 2.24) is 0 Å². The molecule has 0 aliphatic carbocycles. The maximum Gasteiger partial charge on any atom is 0.146 e. The quantitative estimate of drug-likeness (QED) is 0.782. The Morgan fingerprint density at radius 1 is 1.10 bits per heavy atom. The predicted molar refractivity (Wildman–Crippen MR) is 79.6 cm³/mol. The van der Waals surface area contributed by atoms with Crippen LogP contribution in [0.1, 0.15) is 16.9 Å². The number of ether oxygens (including phenoxy) is 1. The van der Waals surface area contributed by atoms with Crippen LogP contribution in [-0.2, 0) is 13.2 Å². The monoisotopic (exact) mass is 267 g/mol. The maximum atomic E-state index is 5.80. The van der Waals surface area contributed by atoms with Gasteiger partial charge in [-0.15, -0.1) is 0 Å².